The molecular formula is C27H25FN4O. The van der Waals surface area contributed by atoms with Crippen molar-refractivity contribution in [2.75, 3.05) is 0 Å². The van der Waals surface area contributed by atoms with Gasteiger partial charge in [0.05, 0.1) is 23.0 Å². The normalized spacial score (nSPS) is 24.1. The summed E-state index contributed by atoms with van der Waals surface area (Å²) in [6.07, 6.45) is 3.80. The van der Waals surface area contributed by atoms with E-state index in [0.717, 1.165) is 46.6 Å². The van der Waals surface area contributed by atoms with Gasteiger partial charge in [-0.3, -0.25) is 4.98 Å². The third kappa shape index (κ3) is 3.39. The predicted octanol–water partition coefficient (Wildman–Crippen LogP) is 5.85. The maximum Gasteiger partial charge on any atom is 0.160 e. The molecule has 33 heavy (non-hydrogen) atoms. The second-order valence-electron chi connectivity index (χ2n) is 9.42. The molecule has 0 bridgehead atoms. The average molecular weight is 441 g/mol. The van der Waals surface area contributed by atoms with E-state index >= 15 is 0 Å². The van der Waals surface area contributed by atoms with Crippen LogP contribution in [0.2, 0.25) is 0 Å². The van der Waals surface area contributed by atoms with Gasteiger partial charge in [-0.25, -0.2) is 14.4 Å². The lowest BCUT2D eigenvalue weighted by Crippen LogP contribution is -2.45. The zero-order valence-corrected chi connectivity index (χ0v) is 18.9. The fourth-order valence-electron chi connectivity index (χ4n) is 5.68. The van der Waals surface area contributed by atoms with Crippen LogP contribution in [0, 0.1) is 35.9 Å². The zero-order valence-electron chi connectivity index (χ0n) is 18.9. The Labute approximate surface area is 192 Å². The Bertz CT molecular complexity index is 1320. The van der Waals surface area contributed by atoms with Crippen LogP contribution in [-0.4, -0.2) is 20.1 Å². The van der Waals surface area contributed by atoms with E-state index in [4.69, 9.17) is 9.97 Å². The van der Waals surface area contributed by atoms with Crippen LogP contribution in [0.25, 0.3) is 22.6 Å². The number of pyridine rings is 1. The zero-order chi connectivity index (χ0) is 23.3. The summed E-state index contributed by atoms with van der Waals surface area (Å²) in [6.45, 7) is 6.07. The molecule has 5 nitrogen and oxygen atoms in total. The fraction of sp³-hybridized carbons (Fsp3) is 0.333. The van der Waals surface area contributed by atoms with Crippen molar-refractivity contribution in [2.24, 2.45) is 11.8 Å². The minimum atomic E-state index is -0.418. The Hall–Kier alpha value is -3.59. The molecule has 6 heteroatoms. The third-order valence-corrected chi connectivity index (χ3v) is 7.37. The monoisotopic (exact) mass is 440 g/mol. The highest BCUT2D eigenvalue weighted by Gasteiger charge is 2.50. The van der Waals surface area contributed by atoms with Crippen LogP contribution in [0.5, 0.6) is 0 Å². The molecule has 0 radical (unpaired) electrons. The molecule has 1 N–H and O–H groups in total. The lowest BCUT2D eigenvalue weighted by Gasteiger charge is -2.48. The van der Waals surface area contributed by atoms with Gasteiger partial charge in [0.2, 0.25) is 0 Å². The molecule has 166 valence electrons. The summed E-state index contributed by atoms with van der Waals surface area (Å²) < 4.78 is 13.7. The van der Waals surface area contributed by atoms with Gasteiger partial charge in [0.1, 0.15) is 11.6 Å². The lowest BCUT2D eigenvalue weighted by molar-refractivity contribution is 0.136. The van der Waals surface area contributed by atoms with E-state index in [1.165, 1.54) is 12.1 Å². The van der Waals surface area contributed by atoms with Crippen molar-refractivity contribution in [1.29, 1.82) is 5.26 Å². The molecule has 0 spiro atoms. The molecule has 2 aliphatic carbocycles. The van der Waals surface area contributed by atoms with Crippen molar-refractivity contribution in [2.45, 2.75) is 45.4 Å². The first-order valence-electron chi connectivity index (χ1n) is 11.2. The minimum absolute atomic E-state index is 0.123. The summed E-state index contributed by atoms with van der Waals surface area (Å²) in [6, 6.07) is 12.5. The molecule has 2 aromatic heterocycles. The highest BCUT2D eigenvalue weighted by atomic mass is 19.1. The van der Waals surface area contributed by atoms with E-state index in [1.807, 2.05) is 26.0 Å². The molecule has 5 rings (SSSR count). The van der Waals surface area contributed by atoms with Crippen LogP contribution in [0.1, 0.15) is 43.6 Å². The Kier molecular flexibility index (Phi) is 5.01. The number of aryl methyl sites for hydroxylation is 1. The summed E-state index contributed by atoms with van der Waals surface area (Å²) in [5.74, 6) is 0.540. The molecule has 0 saturated carbocycles. The first-order valence-corrected chi connectivity index (χ1v) is 11.2. The molecular weight excluding hydrogens is 415 g/mol. The number of aromatic nitrogens is 3. The predicted molar refractivity (Wildman–Crippen MR) is 124 cm³/mol. The molecule has 0 saturated heterocycles. The van der Waals surface area contributed by atoms with Gasteiger partial charge < -0.3 is 5.11 Å². The van der Waals surface area contributed by atoms with Crippen LogP contribution in [-0.2, 0) is 11.8 Å². The molecule has 3 atom stereocenters. The van der Waals surface area contributed by atoms with E-state index < -0.39 is 5.41 Å². The summed E-state index contributed by atoms with van der Waals surface area (Å²) in [4.78, 5) is 14.3. The number of nitriles is 1. The fourth-order valence-corrected chi connectivity index (χ4v) is 5.68. The van der Waals surface area contributed by atoms with Crippen LogP contribution < -0.4 is 0 Å². The van der Waals surface area contributed by atoms with E-state index in [0.29, 0.717) is 17.8 Å². The average Bonchev–Trinajstić information content (AvgIpc) is 2.81. The maximum absolute atomic E-state index is 13.7. The van der Waals surface area contributed by atoms with Gasteiger partial charge in [-0.1, -0.05) is 13.8 Å². The lowest BCUT2D eigenvalue weighted by atomic mass is 9.56. The van der Waals surface area contributed by atoms with Gasteiger partial charge >= 0.3 is 0 Å². The van der Waals surface area contributed by atoms with Crippen molar-refractivity contribution in [3.05, 3.63) is 76.7 Å². The Morgan fingerprint density at radius 3 is 2.61 bits per heavy atom. The summed E-state index contributed by atoms with van der Waals surface area (Å²) >= 11 is 0. The van der Waals surface area contributed by atoms with Gasteiger partial charge in [-0.2, -0.15) is 5.26 Å². The molecule has 2 heterocycles. The quantitative estimate of drug-likeness (QED) is 0.541. The smallest absolute Gasteiger partial charge is 0.160 e. The molecule has 1 aromatic carbocycles. The summed E-state index contributed by atoms with van der Waals surface area (Å²) in [7, 11) is 0. The number of hydrogen-bond donors (Lipinski definition) is 1. The van der Waals surface area contributed by atoms with Gasteiger partial charge in [0.15, 0.2) is 5.82 Å². The number of aliphatic hydroxyl groups excluding tert-OH is 1. The molecule has 2 aliphatic rings. The minimum Gasteiger partial charge on any atom is -0.511 e. The van der Waals surface area contributed by atoms with Crippen LogP contribution in [0.15, 0.2) is 53.9 Å². The van der Waals surface area contributed by atoms with E-state index in [1.54, 1.807) is 18.3 Å². The summed E-state index contributed by atoms with van der Waals surface area (Å²) in [5, 5.41) is 20.4. The molecule has 0 unspecified atom stereocenters. The van der Waals surface area contributed by atoms with E-state index in [2.05, 4.69) is 18.0 Å². The number of fused-ring (bicyclic) bond motifs is 3. The second kappa shape index (κ2) is 7.77. The maximum atomic E-state index is 13.7. The Morgan fingerprint density at radius 2 is 1.91 bits per heavy atom. The van der Waals surface area contributed by atoms with E-state index in [-0.39, 0.29) is 23.4 Å². The van der Waals surface area contributed by atoms with Crippen LogP contribution >= 0.6 is 0 Å². The number of rotatable bonds is 2. The highest BCUT2D eigenvalue weighted by Crippen LogP contribution is 2.54. The van der Waals surface area contributed by atoms with Crippen LogP contribution in [0.4, 0.5) is 4.39 Å². The molecule has 0 fully saturated rings. The van der Waals surface area contributed by atoms with Gasteiger partial charge in [0, 0.05) is 39.9 Å². The highest BCUT2D eigenvalue weighted by molar-refractivity contribution is 5.69. The number of nitrogens with zero attached hydrogens (tertiary/aromatic N) is 4. The Balaban J connectivity index is 1.78. The van der Waals surface area contributed by atoms with Crippen molar-refractivity contribution in [3.8, 4) is 28.7 Å². The first kappa shape index (κ1) is 21.3. The van der Waals surface area contributed by atoms with Gasteiger partial charge in [-0.05, 0) is 68.5 Å². The SMILES string of the molecule is Cc1cc(-c2nc(-c3ccc(F)cc3)c3c(n2)[C@]2(C)CC(C#N)=C(O)[C@H](C)[C@H]2CC3)ccn1. The first-order chi connectivity index (χ1) is 15.8. The third-order valence-electron chi connectivity index (χ3n) is 7.37. The Morgan fingerprint density at radius 1 is 1.15 bits per heavy atom. The molecule has 0 aliphatic heterocycles. The number of allylic oxidation sites excluding steroid dienone is 2. The molecule has 0 amide bonds. The molecule has 3 aromatic rings. The van der Waals surface area contributed by atoms with Crippen molar-refractivity contribution >= 4 is 0 Å². The topological polar surface area (TPSA) is 82.7 Å². The number of benzene rings is 1. The van der Waals surface area contributed by atoms with E-state index in [9.17, 15) is 14.8 Å². The number of halogens is 1. The standard InChI is InChI=1S/C27H25FN4O/c1-15-12-18(10-11-30-15)26-31-23(17-4-6-20(28)7-5-17)21-8-9-22-16(2)24(33)19(14-29)13-27(22,3)25(21)32-26/h4-7,10-12,16,22,33H,8-9,13H2,1-3H3/t16-,22-,27-/m1/s1. The number of aliphatic hydroxyl groups is 1. The largest absolute Gasteiger partial charge is 0.511 e. The number of hydrogen-bond acceptors (Lipinski definition) is 5. The summed E-state index contributed by atoms with van der Waals surface area (Å²) in [5.41, 5.74) is 5.34. The van der Waals surface area contributed by atoms with Crippen molar-refractivity contribution in [3.63, 3.8) is 0 Å². The van der Waals surface area contributed by atoms with Crippen molar-refractivity contribution in [1.82, 2.24) is 15.0 Å². The van der Waals surface area contributed by atoms with Crippen molar-refractivity contribution < 1.29 is 9.50 Å². The second-order valence-corrected chi connectivity index (χ2v) is 9.42. The van der Waals surface area contributed by atoms with Gasteiger partial charge in [0.25, 0.3) is 0 Å². The van der Waals surface area contributed by atoms with Crippen LogP contribution in [0.3, 0.4) is 0 Å². The van der Waals surface area contributed by atoms with Gasteiger partial charge in [-0.15, -0.1) is 0 Å².